The number of aromatic nitrogens is 4. The second kappa shape index (κ2) is 7.25. The lowest BCUT2D eigenvalue weighted by atomic mass is 10.1. The van der Waals surface area contributed by atoms with Crippen LogP contribution >= 0.6 is 0 Å². The van der Waals surface area contributed by atoms with Crippen molar-refractivity contribution < 1.29 is 4.79 Å². The van der Waals surface area contributed by atoms with Crippen molar-refractivity contribution in [1.29, 1.82) is 0 Å². The predicted octanol–water partition coefficient (Wildman–Crippen LogP) is 2.55. The number of pyridine rings is 1. The monoisotopic (exact) mass is 335 g/mol. The average Bonchev–Trinajstić information content (AvgIpc) is 2.95. The van der Waals surface area contributed by atoms with Crippen LogP contribution in [-0.4, -0.2) is 31.7 Å². The fourth-order valence-electron chi connectivity index (χ4n) is 2.61. The highest BCUT2D eigenvalue weighted by Gasteiger charge is 2.13. The lowest BCUT2D eigenvalue weighted by Gasteiger charge is -2.14. The average molecular weight is 335 g/mol. The van der Waals surface area contributed by atoms with Gasteiger partial charge in [-0.05, 0) is 44.0 Å². The van der Waals surface area contributed by atoms with Crippen LogP contribution in [0.1, 0.15) is 28.7 Å². The molecule has 6 heteroatoms. The molecule has 0 spiro atoms. The van der Waals surface area contributed by atoms with Crippen molar-refractivity contribution in [3.63, 3.8) is 0 Å². The summed E-state index contributed by atoms with van der Waals surface area (Å²) in [6, 6.07) is 11.3. The highest BCUT2D eigenvalue weighted by molar-refractivity contribution is 5.95. The summed E-state index contributed by atoms with van der Waals surface area (Å²) in [4.78, 5) is 21.0. The Labute approximate surface area is 146 Å². The molecule has 0 aliphatic rings. The molecule has 3 rings (SSSR count). The SMILES string of the molecule is Cc1nc(-c2cccc(C(=O)N[C@H](C)Cc3cccnc3)c2)nn1C. The van der Waals surface area contributed by atoms with Gasteiger partial charge in [0.2, 0.25) is 0 Å². The number of hydrogen-bond donors (Lipinski definition) is 1. The molecule has 128 valence electrons. The maximum Gasteiger partial charge on any atom is 0.251 e. The van der Waals surface area contributed by atoms with Gasteiger partial charge >= 0.3 is 0 Å². The maximum atomic E-state index is 12.5. The topological polar surface area (TPSA) is 72.7 Å². The summed E-state index contributed by atoms with van der Waals surface area (Å²) in [6.45, 7) is 3.88. The molecule has 0 radical (unpaired) electrons. The van der Waals surface area contributed by atoms with Gasteiger partial charge in [-0.25, -0.2) is 4.98 Å². The lowest BCUT2D eigenvalue weighted by Crippen LogP contribution is -2.34. The van der Waals surface area contributed by atoms with Gasteiger partial charge in [0, 0.05) is 36.6 Å². The van der Waals surface area contributed by atoms with Crippen LogP contribution in [0.4, 0.5) is 0 Å². The van der Waals surface area contributed by atoms with Crippen LogP contribution in [0, 0.1) is 6.92 Å². The van der Waals surface area contributed by atoms with E-state index in [0.717, 1.165) is 23.4 Å². The molecule has 2 heterocycles. The largest absolute Gasteiger partial charge is 0.349 e. The molecule has 1 amide bonds. The van der Waals surface area contributed by atoms with Crippen molar-refractivity contribution in [2.75, 3.05) is 0 Å². The minimum atomic E-state index is -0.106. The van der Waals surface area contributed by atoms with E-state index in [2.05, 4.69) is 20.4 Å². The highest BCUT2D eigenvalue weighted by Crippen LogP contribution is 2.17. The molecule has 0 bridgehead atoms. The number of hydrogen-bond acceptors (Lipinski definition) is 4. The Morgan fingerprint density at radius 3 is 2.80 bits per heavy atom. The van der Waals surface area contributed by atoms with Crippen LogP contribution in [0.25, 0.3) is 11.4 Å². The summed E-state index contributed by atoms with van der Waals surface area (Å²) in [5, 5.41) is 7.39. The predicted molar refractivity (Wildman–Crippen MR) is 96.0 cm³/mol. The van der Waals surface area contributed by atoms with E-state index in [4.69, 9.17) is 0 Å². The van der Waals surface area contributed by atoms with Crippen LogP contribution in [0.3, 0.4) is 0 Å². The van der Waals surface area contributed by atoms with Crippen LogP contribution < -0.4 is 5.32 Å². The van der Waals surface area contributed by atoms with Crippen molar-refractivity contribution in [3.8, 4) is 11.4 Å². The normalized spacial score (nSPS) is 12.0. The van der Waals surface area contributed by atoms with Gasteiger partial charge in [-0.1, -0.05) is 18.2 Å². The van der Waals surface area contributed by atoms with Crippen molar-refractivity contribution in [1.82, 2.24) is 25.1 Å². The first-order valence-corrected chi connectivity index (χ1v) is 8.21. The molecule has 0 saturated heterocycles. The molecular formula is C19H21N5O. The third-order valence-corrected chi connectivity index (χ3v) is 4.01. The zero-order valence-electron chi connectivity index (χ0n) is 14.6. The molecule has 6 nitrogen and oxygen atoms in total. The second-order valence-corrected chi connectivity index (χ2v) is 6.13. The van der Waals surface area contributed by atoms with Gasteiger partial charge in [0.1, 0.15) is 5.82 Å². The Bertz CT molecular complexity index is 853. The van der Waals surface area contributed by atoms with E-state index in [9.17, 15) is 4.79 Å². The van der Waals surface area contributed by atoms with E-state index >= 15 is 0 Å². The van der Waals surface area contributed by atoms with Crippen molar-refractivity contribution in [2.45, 2.75) is 26.3 Å². The van der Waals surface area contributed by atoms with Crippen molar-refractivity contribution in [2.24, 2.45) is 7.05 Å². The summed E-state index contributed by atoms with van der Waals surface area (Å²) in [5.41, 5.74) is 2.52. The van der Waals surface area contributed by atoms with Crippen LogP contribution in [0.15, 0.2) is 48.8 Å². The number of carbonyl (C=O) groups is 1. The minimum absolute atomic E-state index is 0.00979. The second-order valence-electron chi connectivity index (χ2n) is 6.13. The fraction of sp³-hybridized carbons (Fsp3) is 0.263. The number of rotatable bonds is 5. The van der Waals surface area contributed by atoms with Crippen LogP contribution in [0.2, 0.25) is 0 Å². The summed E-state index contributed by atoms with van der Waals surface area (Å²) in [6.07, 6.45) is 4.30. The van der Waals surface area contributed by atoms with E-state index < -0.39 is 0 Å². The molecule has 0 unspecified atom stereocenters. The Morgan fingerprint density at radius 2 is 2.12 bits per heavy atom. The first kappa shape index (κ1) is 16.8. The first-order chi connectivity index (χ1) is 12.0. The molecule has 25 heavy (non-hydrogen) atoms. The highest BCUT2D eigenvalue weighted by atomic mass is 16.1. The molecular weight excluding hydrogens is 314 g/mol. The van der Waals surface area contributed by atoms with E-state index in [0.29, 0.717) is 11.4 Å². The molecule has 1 N–H and O–H groups in total. The van der Waals surface area contributed by atoms with Crippen LogP contribution in [0.5, 0.6) is 0 Å². The summed E-state index contributed by atoms with van der Waals surface area (Å²) in [7, 11) is 1.85. The quantitative estimate of drug-likeness (QED) is 0.778. The van der Waals surface area contributed by atoms with Crippen molar-refractivity contribution in [3.05, 3.63) is 65.7 Å². The summed E-state index contributed by atoms with van der Waals surface area (Å²) >= 11 is 0. The van der Waals surface area contributed by atoms with E-state index in [1.54, 1.807) is 16.9 Å². The van der Waals surface area contributed by atoms with E-state index in [-0.39, 0.29) is 11.9 Å². The Morgan fingerprint density at radius 1 is 1.28 bits per heavy atom. The lowest BCUT2D eigenvalue weighted by molar-refractivity contribution is 0.0940. The van der Waals surface area contributed by atoms with Gasteiger partial charge in [-0.15, -0.1) is 0 Å². The zero-order chi connectivity index (χ0) is 17.8. The fourth-order valence-corrected chi connectivity index (χ4v) is 2.61. The molecule has 0 fully saturated rings. The molecule has 1 atom stereocenters. The smallest absolute Gasteiger partial charge is 0.251 e. The van der Waals surface area contributed by atoms with Crippen molar-refractivity contribution >= 4 is 5.91 Å². The maximum absolute atomic E-state index is 12.5. The Balaban J connectivity index is 1.71. The molecule has 0 aliphatic carbocycles. The summed E-state index contributed by atoms with van der Waals surface area (Å²) < 4.78 is 1.72. The van der Waals surface area contributed by atoms with Crippen LogP contribution in [-0.2, 0) is 13.5 Å². The zero-order valence-corrected chi connectivity index (χ0v) is 14.6. The number of nitrogens with one attached hydrogen (secondary N) is 1. The number of amides is 1. The third-order valence-electron chi connectivity index (χ3n) is 4.01. The molecule has 1 aromatic carbocycles. The summed E-state index contributed by atoms with van der Waals surface area (Å²) in [5.74, 6) is 1.35. The number of nitrogens with zero attached hydrogens (tertiary/aromatic N) is 4. The van der Waals surface area contributed by atoms with Gasteiger partial charge in [-0.2, -0.15) is 5.10 Å². The molecule has 2 aromatic heterocycles. The number of carbonyl (C=O) groups excluding carboxylic acids is 1. The minimum Gasteiger partial charge on any atom is -0.349 e. The number of aryl methyl sites for hydroxylation is 2. The van der Waals surface area contributed by atoms with E-state index in [1.165, 1.54) is 0 Å². The van der Waals surface area contributed by atoms with E-state index in [1.807, 2.05) is 57.4 Å². The van der Waals surface area contributed by atoms with Gasteiger partial charge in [0.05, 0.1) is 0 Å². The van der Waals surface area contributed by atoms with Gasteiger partial charge in [-0.3, -0.25) is 14.5 Å². The first-order valence-electron chi connectivity index (χ1n) is 8.21. The standard InChI is InChI=1S/C19H21N5O/c1-13(10-15-6-5-9-20-12-15)21-19(25)17-8-4-7-16(11-17)18-22-14(2)24(3)23-18/h4-9,11-13H,10H2,1-3H3,(H,21,25)/t13-/m1/s1. The Kier molecular flexibility index (Phi) is 4.88. The van der Waals surface area contributed by atoms with Gasteiger partial charge < -0.3 is 5.32 Å². The Hall–Kier alpha value is -3.02. The molecule has 3 aromatic rings. The number of benzene rings is 1. The molecule has 0 aliphatic heterocycles. The molecule has 0 saturated carbocycles. The van der Waals surface area contributed by atoms with Gasteiger partial charge in [0.25, 0.3) is 5.91 Å². The van der Waals surface area contributed by atoms with Gasteiger partial charge in [0.15, 0.2) is 5.82 Å². The third kappa shape index (κ3) is 4.09.